The number of hydrogen-bond acceptors (Lipinski definition) is 9. The van der Waals surface area contributed by atoms with Gasteiger partial charge in [-0.05, 0) is 59.1 Å². The van der Waals surface area contributed by atoms with E-state index in [2.05, 4.69) is 20.4 Å². The van der Waals surface area contributed by atoms with Crippen molar-refractivity contribution >= 4 is 34.0 Å². The SMILES string of the molecule is CC(=O)c1nn(CC(=O)OC(C)(C)C)c2cc(COC3CCCCO3)c(Nc3cnc(C)nc3)cc12. The number of esters is 1. The first-order valence-corrected chi connectivity index (χ1v) is 12.1. The van der Waals surface area contributed by atoms with Gasteiger partial charge in [0.05, 0.1) is 30.2 Å². The predicted molar refractivity (Wildman–Crippen MR) is 134 cm³/mol. The lowest BCUT2D eigenvalue weighted by Gasteiger charge is -2.23. The number of nitrogens with zero attached hydrogens (tertiary/aromatic N) is 4. The van der Waals surface area contributed by atoms with Crippen LogP contribution in [-0.2, 0) is 32.2 Å². The number of Topliss-reactive ketones (excluding diaryl/α,β-unsaturated/α-hetero) is 1. The van der Waals surface area contributed by atoms with Crippen LogP contribution in [0.15, 0.2) is 24.5 Å². The summed E-state index contributed by atoms with van der Waals surface area (Å²) < 4.78 is 18.8. The van der Waals surface area contributed by atoms with Gasteiger partial charge in [-0.1, -0.05) is 0 Å². The third-order valence-electron chi connectivity index (χ3n) is 5.63. The summed E-state index contributed by atoms with van der Waals surface area (Å²) in [6, 6.07) is 3.74. The van der Waals surface area contributed by atoms with E-state index in [1.165, 1.54) is 11.6 Å². The van der Waals surface area contributed by atoms with Gasteiger partial charge in [0.2, 0.25) is 0 Å². The molecular weight excluding hydrogens is 462 g/mol. The Hall–Kier alpha value is -3.37. The molecule has 0 amide bonds. The average molecular weight is 496 g/mol. The molecule has 1 aliphatic heterocycles. The first-order valence-electron chi connectivity index (χ1n) is 12.1. The van der Waals surface area contributed by atoms with Crippen molar-refractivity contribution in [1.82, 2.24) is 19.7 Å². The summed E-state index contributed by atoms with van der Waals surface area (Å²) in [4.78, 5) is 33.5. The monoisotopic (exact) mass is 495 g/mol. The van der Waals surface area contributed by atoms with E-state index in [1.54, 1.807) is 12.4 Å². The molecule has 0 aliphatic carbocycles. The maximum absolute atomic E-state index is 12.6. The standard InChI is InChI=1S/C26H33N5O5/c1-16(32)25-20-11-21(29-19-12-27-17(2)28-13-19)18(15-35-24-8-6-7-9-34-24)10-22(20)31(30-25)14-23(33)36-26(3,4)5/h10-13,24,29H,6-9,14-15H2,1-5H3. The fourth-order valence-corrected chi connectivity index (χ4v) is 4.01. The van der Waals surface area contributed by atoms with Crippen molar-refractivity contribution in [3.63, 3.8) is 0 Å². The lowest BCUT2D eigenvalue weighted by atomic mass is 10.1. The Morgan fingerprint density at radius 2 is 1.94 bits per heavy atom. The van der Waals surface area contributed by atoms with Crippen molar-refractivity contribution < 1.29 is 23.8 Å². The average Bonchev–Trinajstić information content (AvgIpc) is 3.15. The lowest BCUT2D eigenvalue weighted by molar-refractivity contribution is -0.168. The summed E-state index contributed by atoms with van der Waals surface area (Å²) in [5.41, 5.74) is 2.53. The van der Waals surface area contributed by atoms with Gasteiger partial charge in [0.15, 0.2) is 12.1 Å². The van der Waals surface area contributed by atoms with Gasteiger partial charge in [-0.25, -0.2) is 9.97 Å². The number of benzene rings is 1. The maximum Gasteiger partial charge on any atom is 0.328 e. The molecule has 0 spiro atoms. The lowest BCUT2D eigenvalue weighted by Crippen LogP contribution is -2.26. The number of carbonyl (C=O) groups excluding carboxylic acids is 2. The number of ketones is 1. The van der Waals surface area contributed by atoms with Gasteiger partial charge in [0.1, 0.15) is 23.7 Å². The van der Waals surface area contributed by atoms with E-state index in [-0.39, 0.29) is 30.9 Å². The second-order valence-electron chi connectivity index (χ2n) is 9.93. The molecule has 3 heterocycles. The Morgan fingerprint density at radius 3 is 2.58 bits per heavy atom. The van der Waals surface area contributed by atoms with Crippen LogP contribution in [0.5, 0.6) is 0 Å². The molecule has 4 rings (SSSR count). The summed E-state index contributed by atoms with van der Waals surface area (Å²) in [6.45, 7) is 9.53. The minimum Gasteiger partial charge on any atom is -0.459 e. The summed E-state index contributed by atoms with van der Waals surface area (Å²) >= 11 is 0. The molecule has 2 aromatic heterocycles. The molecule has 10 nitrogen and oxygen atoms in total. The largest absolute Gasteiger partial charge is 0.459 e. The summed E-state index contributed by atoms with van der Waals surface area (Å²) in [6.07, 6.45) is 6.04. The number of ether oxygens (including phenoxy) is 3. The maximum atomic E-state index is 12.6. The molecule has 1 N–H and O–H groups in total. The summed E-state index contributed by atoms with van der Waals surface area (Å²) in [7, 11) is 0. The van der Waals surface area contributed by atoms with Crippen molar-refractivity contribution in [2.45, 2.75) is 78.9 Å². The Morgan fingerprint density at radius 1 is 1.19 bits per heavy atom. The minimum absolute atomic E-state index is 0.119. The first-order chi connectivity index (χ1) is 17.1. The fourth-order valence-electron chi connectivity index (χ4n) is 4.01. The van der Waals surface area contributed by atoms with E-state index < -0.39 is 11.6 Å². The summed E-state index contributed by atoms with van der Waals surface area (Å²) in [5, 5.41) is 8.42. The highest BCUT2D eigenvalue weighted by molar-refractivity contribution is 6.06. The van der Waals surface area contributed by atoms with E-state index in [9.17, 15) is 9.59 Å². The van der Waals surface area contributed by atoms with Gasteiger partial charge in [-0.2, -0.15) is 5.10 Å². The smallest absolute Gasteiger partial charge is 0.328 e. The molecule has 3 aromatic rings. The first kappa shape index (κ1) is 25.7. The van der Waals surface area contributed by atoms with Crippen LogP contribution < -0.4 is 5.32 Å². The molecule has 36 heavy (non-hydrogen) atoms. The third kappa shape index (κ3) is 6.44. The Labute approximate surface area is 210 Å². The number of hydrogen-bond donors (Lipinski definition) is 1. The van der Waals surface area contributed by atoms with E-state index in [0.717, 1.165) is 30.5 Å². The number of aromatic nitrogens is 4. The number of anilines is 2. The van der Waals surface area contributed by atoms with Crippen LogP contribution in [0.2, 0.25) is 0 Å². The number of aryl methyl sites for hydroxylation is 1. The van der Waals surface area contributed by atoms with Crippen LogP contribution in [0.3, 0.4) is 0 Å². The van der Waals surface area contributed by atoms with Crippen LogP contribution >= 0.6 is 0 Å². The van der Waals surface area contributed by atoms with E-state index in [0.29, 0.717) is 29.0 Å². The highest BCUT2D eigenvalue weighted by Crippen LogP contribution is 2.31. The highest BCUT2D eigenvalue weighted by atomic mass is 16.7. The van der Waals surface area contributed by atoms with Crippen LogP contribution in [0, 0.1) is 6.92 Å². The molecule has 0 radical (unpaired) electrons. The number of nitrogens with one attached hydrogen (secondary N) is 1. The van der Waals surface area contributed by atoms with Crippen LogP contribution in [0.1, 0.15) is 68.8 Å². The minimum atomic E-state index is -0.629. The zero-order valence-corrected chi connectivity index (χ0v) is 21.5. The molecule has 1 unspecified atom stereocenters. The van der Waals surface area contributed by atoms with E-state index in [4.69, 9.17) is 14.2 Å². The Kier molecular flexibility index (Phi) is 7.65. The third-order valence-corrected chi connectivity index (χ3v) is 5.63. The molecular formula is C26H33N5O5. The van der Waals surface area contributed by atoms with Crippen molar-refractivity contribution in [2.24, 2.45) is 0 Å². The molecule has 0 saturated carbocycles. The molecule has 1 aliphatic rings. The van der Waals surface area contributed by atoms with Gasteiger partial charge in [-0.3, -0.25) is 14.3 Å². The van der Waals surface area contributed by atoms with Crippen LogP contribution in [-0.4, -0.2) is 50.0 Å². The molecule has 0 bridgehead atoms. The van der Waals surface area contributed by atoms with Crippen molar-refractivity contribution in [3.05, 3.63) is 41.6 Å². The number of fused-ring (bicyclic) bond motifs is 1. The molecule has 1 aromatic carbocycles. The fraction of sp³-hybridized carbons (Fsp3) is 0.500. The quantitative estimate of drug-likeness (QED) is 0.357. The molecule has 10 heteroatoms. The second kappa shape index (κ2) is 10.7. The van der Waals surface area contributed by atoms with Gasteiger partial charge < -0.3 is 19.5 Å². The van der Waals surface area contributed by atoms with Gasteiger partial charge in [-0.15, -0.1) is 0 Å². The summed E-state index contributed by atoms with van der Waals surface area (Å²) in [5.74, 6) is 0.0258. The highest BCUT2D eigenvalue weighted by Gasteiger charge is 2.22. The van der Waals surface area contributed by atoms with Gasteiger partial charge in [0.25, 0.3) is 0 Å². The zero-order valence-electron chi connectivity index (χ0n) is 21.5. The topological polar surface area (TPSA) is 117 Å². The van der Waals surface area contributed by atoms with Crippen molar-refractivity contribution in [1.29, 1.82) is 0 Å². The van der Waals surface area contributed by atoms with Crippen molar-refractivity contribution in [2.75, 3.05) is 11.9 Å². The molecule has 1 fully saturated rings. The van der Waals surface area contributed by atoms with Crippen LogP contribution in [0.4, 0.5) is 11.4 Å². The number of carbonyl (C=O) groups is 2. The zero-order chi connectivity index (χ0) is 25.9. The Balaban J connectivity index is 1.73. The van der Waals surface area contributed by atoms with Gasteiger partial charge in [0, 0.05) is 30.2 Å². The van der Waals surface area contributed by atoms with Gasteiger partial charge >= 0.3 is 5.97 Å². The normalized spacial score (nSPS) is 16.2. The molecule has 192 valence electrons. The van der Waals surface area contributed by atoms with E-state index in [1.807, 2.05) is 39.8 Å². The van der Waals surface area contributed by atoms with E-state index >= 15 is 0 Å². The Bertz CT molecular complexity index is 1240. The molecule has 1 atom stereocenters. The van der Waals surface area contributed by atoms with Crippen LogP contribution in [0.25, 0.3) is 10.9 Å². The number of rotatable bonds is 8. The van der Waals surface area contributed by atoms with Crippen molar-refractivity contribution in [3.8, 4) is 0 Å². The predicted octanol–water partition coefficient (Wildman–Crippen LogP) is 4.47. The second-order valence-corrected chi connectivity index (χ2v) is 9.93. The molecule has 1 saturated heterocycles.